The largest absolute Gasteiger partial charge is 0.507 e. The third kappa shape index (κ3) is 3.12. The van der Waals surface area contributed by atoms with Gasteiger partial charge in [-0.25, -0.2) is 0 Å². The lowest BCUT2D eigenvalue weighted by Gasteiger charge is -2.02. The highest BCUT2D eigenvalue weighted by Crippen LogP contribution is 2.24. The van der Waals surface area contributed by atoms with Crippen LogP contribution in [0.1, 0.15) is 11.1 Å². The zero-order chi connectivity index (χ0) is 13.1. The highest BCUT2D eigenvalue weighted by Gasteiger charge is 2.00. The fourth-order valence-corrected chi connectivity index (χ4v) is 2.14. The standard InChI is InChI=1S/C14H11BrClNO/c1-9-6-12(16)3-4-13(9)17-8-10-7-11(15)2-5-14(10)18/h2-8,18H,1H3. The quantitative estimate of drug-likeness (QED) is 0.786. The van der Waals surface area contributed by atoms with E-state index in [-0.39, 0.29) is 5.75 Å². The van der Waals surface area contributed by atoms with E-state index in [0.717, 1.165) is 15.7 Å². The van der Waals surface area contributed by atoms with Gasteiger partial charge in [-0.15, -0.1) is 0 Å². The molecule has 0 amide bonds. The van der Waals surface area contributed by atoms with Crippen molar-refractivity contribution >= 4 is 39.4 Å². The van der Waals surface area contributed by atoms with E-state index < -0.39 is 0 Å². The van der Waals surface area contributed by atoms with Crippen LogP contribution in [0, 0.1) is 6.92 Å². The maximum absolute atomic E-state index is 9.69. The summed E-state index contributed by atoms with van der Waals surface area (Å²) in [6, 6.07) is 10.7. The molecule has 0 fully saturated rings. The Bertz CT molecular complexity index is 611. The molecule has 0 saturated carbocycles. The minimum atomic E-state index is 0.202. The van der Waals surface area contributed by atoms with E-state index >= 15 is 0 Å². The van der Waals surface area contributed by atoms with Gasteiger partial charge in [0.05, 0.1) is 5.69 Å². The van der Waals surface area contributed by atoms with Gasteiger partial charge in [0.2, 0.25) is 0 Å². The second kappa shape index (κ2) is 5.55. The third-order valence-corrected chi connectivity index (χ3v) is 3.22. The normalized spacial score (nSPS) is 11.1. The molecule has 92 valence electrons. The number of aryl methyl sites for hydroxylation is 1. The average molecular weight is 325 g/mol. The first-order valence-corrected chi connectivity index (χ1v) is 6.52. The summed E-state index contributed by atoms with van der Waals surface area (Å²) in [4.78, 5) is 4.35. The van der Waals surface area contributed by atoms with E-state index in [4.69, 9.17) is 11.6 Å². The van der Waals surface area contributed by atoms with Crippen molar-refractivity contribution in [2.24, 2.45) is 4.99 Å². The van der Waals surface area contributed by atoms with Crippen molar-refractivity contribution in [2.75, 3.05) is 0 Å². The summed E-state index contributed by atoms with van der Waals surface area (Å²) in [5, 5.41) is 10.4. The Morgan fingerprint density at radius 1 is 1.22 bits per heavy atom. The van der Waals surface area contributed by atoms with Crippen molar-refractivity contribution in [1.29, 1.82) is 0 Å². The SMILES string of the molecule is Cc1cc(Cl)ccc1N=Cc1cc(Br)ccc1O. The van der Waals surface area contributed by atoms with Crippen LogP contribution in [0.5, 0.6) is 5.75 Å². The molecule has 0 bridgehead atoms. The lowest BCUT2D eigenvalue weighted by atomic mass is 10.2. The number of hydrogen-bond donors (Lipinski definition) is 1. The van der Waals surface area contributed by atoms with Crippen molar-refractivity contribution in [3.63, 3.8) is 0 Å². The minimum Gasteiger partial charge on any atom is -0.507 e. The van der Waals surface area contributed by atoms with E-state index in [1.54, 1.807) is 24.4 Å². The summed E-state index contributed by atoms with van der Waals surface area (Å²) in [6.45, 7) is 1.94. The molecule has 0 aliphatic heterocycles. The van der Waals surface area contributed by atoms with Crippen LogP contribution in [-0.2, 0) is 0 Å². The van der Waals surface area contributed by atoms with Crippen molar-refractivity contribution in [1.82, 2.24) is 0 Å². The monoisotopic (exact) mass is 323 g/mol. The van der Waals surface area contributed by atoms with Gasteiger partial charge >= 0.3 is 0 Å². The van der Waals surface area contributed by atoms with Crippen LogP contribution in [0.2, 0.25) is 5.02 Å². The molecular weight excluding hydrogens is 314 g/mol. The number of hydrogen-bond acceptors (Lipinski definition) is 2. The topological polar surface area (TPSA) is 32.6 Å². The van der Waals surface area contributed by atoms with E-state index in [9.17, 15) is 5.11 Å². The third-order valence-electron chi connectivity index (χ3n) is 2.49. The Labute approximate surface area is 119 Å². The molecule has 2 aromatic carbocycles. The van der Waals surface area contributed by atoms with E-state index in [1.165, 1.54) is 0 Å². The predicted octanol–water partition coefficient (Wildman–Crippen LogP) is 4.87. The molecule has 0 spiro atoms. The number of halogens is 2. The Kier molecular flexibility index (Phi) is 4.04. The Hall–Kier alpha value is -1.32. The molecule has 0 aromatic heterocycles. The summed E-state index contributed by atoms with van der Waals surface area (Å²) in [6.07, 6.45) is 1.64. The van der Waals surface area contributed by atoms with Gasteiger partial charge in [-0.1, -0.05) is 27.5 Å². The highest BCUT2D eigenvalue weighted by molar-refractivity contribution is 9.10. The first kappa shape index (κ1) is 13.1. The summed E-state index contributed by atoms with van der Waals surface area (Å²) in [5.41, 5.74) is 2.49. The molecule has 0 unspecified atom stereocenters. The Morgan fingerprint density at radius 2 is 2.00 bits per heavy atom. The van der Waals surface area contributed by atoms with Crippen LogP contribution in [0.3, 0.4) is 0 Å². The number of benzene rings is 2. The molecule has 0 saturated heterocycles. The number of rotatable bonds is 2. The Morgan fingerprint density at radius 3 is 2.72 bits per heavy atom. The number of nitrogens with zero attached hydrogens (tertiary/aromatic N) is 1. The Balaban J connectivity index is 2.32. The van der Waals surface area contributed by atoms with Crippen LogP contribution >= 0.6 is 27.5 Å². The first-order chi connectivity index (χ1) is 8.56. The highest BCUT2D eigenvalue weighted by atomic mass is 79.9. The van der Waals surface area contributed by atoms with Gasteiger partial charge in [0, 0.05) is 21.3 Å². The summed E-state index contributed by atoms with van der Waals surface area (Å²) >= 11 is 9.24. The fourth-order valence-electron chi connectivity index (χ4n) is 1.53. The summed E-state index contributed by atoms with van der Waals surface area (Å²) in [5.74, 6) is 0.202. The van der Waals surface area contributed by atoms with Crippen molar-refractivity contribution in [3.05, 3.63) is 57.0 Å². The zero-order valence-electron chi connectivity index (χ0n) is 9.69. The number of aliphatic imine (C=N–C) groups is 1. The molecule has 0 aliphatic carbocycles. The van der Waals surface area contributed by atoms with Gasteiger partial charge in [0.15, 0.2) is 0 Å². The number of aromatic hydroxyl groups is 1. The number of phenolic OH excluding ortho intramolecular Hbond substituents is 1. The molecule has 2 aromatic rings. The second-order valence-electron chi connectivity index (χ2n) is 3.89. The molecule has 2 nitrogen and oxygen atoms in total. The summed E-state index contributed by atoms with van der Waals surface area (Å²) < 4.78 is 0.898. The fraction of sp³-hybridized carbons (Fsp3) is 0.0714. The second-order valence-corrected chi connectivity index (χ2v) is 5.24. The van der Waals surface area contributed by atoms with E-state index in [1.807, 2.05) is 25.1 Å². The van der Waals surface area contributed by atoms with Crippen LogP contribution in [-0.4, -0.2) is 11.3 Å². The van der Waals surface area contributed by atoms with Gasteiger partial charge in [-0.05, 0) is 48.9 Å². The number of phenols is 1. The molecule has 0 atom stereocenters. The van der Waals surface area contributed by atoms with Crippen LogP contribution in [0.4, 0.5) is 5.69 Å². The molecule has 2 rings (SSSR count). The average Bonchev–Trinajstić information content (AvgIpc) is 2.32. The lowest BCUT2D eigenvalue weighted by Crippen LogP contribution is -1.83. The smallest absolute Gasteiger partial charge is 0.124 e. The van der Waals surface area contributed by atoms with Crippen molar-refractivity contribution in [3.8, 4) is 5.75 Å². The van der Waals surface area contributed by atoms with Gasteiger partial charge in [0.25, 0.3) is 0 Å². The van der Waals surface area contributed by atoms with Crippen LogP contribution < -0.4 is 0 Å². The maximum Gasteiger partial charge on any atom is 0.124 e. The van der Waals surface area contributed by atoms with Gasteiger partial charge < -0.3 is 5.11 Å². The molecule has 0 aliphatic rings. The van der Waals surface area contributed by atoms with Gasteiger partial charge in [-0.3, -0.25) is 4.99 Å². The van der Waals surface area contributed by atoms with Crippen molar-refractivity contribution in [2.45, 2.75) is 6.92 Å². The van der Waals surface area contributed by atoms with E-state index in [0.29, 0.717) is 10.6 Å². The van der Waals surface area contributed by atoms with E-state index in [2.05, 4.69) is 20.9 Å². The molecule has 0 radical (unpaired) electrons. The summed E-state index contributed by atoms with van der Waals surface area (Å²) in [7, 11) is 0. The van der Waals surface area contributed by atoms with Crippen LogP contribution in [0.25, 0.3) is 0 Å². The lowest BCUT2D eigenvalue weighted by molar-refractivity contribution is 0.474. The zero-order valence-corrected chi connectivity index (χ0v) is 12.0. The molecule has 1 N–H and O–H groups in total. The van der Waals surface area contributed by atoms with Crippen molar-refractivity contribution < 1.29 is 5.11 Å². The molecule has 18 heavy (non-hydrogen) atoms. The molecule has 4 heteroatoms. The first-order valence-electron chi connectivity index (χ1n) is 5.35. The molecule has 0 heterocycles. The minimum absolute atomic E-state index is 0.202. The van der Waals surface area contributed by atoms with Gasteiger partial charge in [-0.2, -0.15) is 0 Å². The maximum atomic E-state index is 9.69. The van der Waals surface area contributed by atoms with Gasteiger partial charge in [0.1, 0.15) is 5.75 Å². The predicted molar refractivity (Wildman–Crippen MR) is 79.2 cm³/mol. The molecular formula is C14H11BrClNO. The van der Waals surface area contributed by atoms with Crippen LogP contribution in [0.15, 0.2) is 45.9 Å².